The van der Waals surface area contributed by atoms with E-state index in [4.69, 9.17) is 14.7 Å². The lowest BCUT2D eigenvalue weighted by atomic mass is 10.0. The summed E-state index contributed by atoms with van der Waals surface area (Å²) in [5.74, 6) is 1.32. The summed E-state index contributed by atoms with van der Waals surface area (Å²) in [6.45, 7) is 3.36. The number of nitrogens with one attached hydrogen (secondary N) is 2. The lowest BCUT2D eigenvalue weighted by molar-refractivity contribution is 0.122. The Hall–Kier alpha value is -4.30. The summed E-state index contributed by atoms with van der Waals surface area (Å²) in [4.78, 5) is 16.2. The molecule has 168 valence electrons. The highest BCUT2D eigenvalue weighted by Crippen LogP contribution is 2.29. The van der Waals surface area contributed by atoms with Gasteiger partial charge in [-0.25, -0.2) is 9.97 Å². The Balaban J connectivity index is 1.32. The molecule has 1 aliphatic rings. The highest BCUT2D eigenvalue weighted by molar-refractivity contribution is 5.89. The third kappa shape index (κ3) is 4.06. The molecule has 3 aromatic heterocycles. The number of rotatable bonds is 5. The Kier molecular flexibility index (Phi) is 5.33. The van der Waals surface area contributed by atoms with E-state index in [0.717, 1.165) is 59.7 Å². The standard InChI is InChI=1S/C26H23N7O/c1-3-18(20-5-2-10-27-16-20)15-19(4-1)25-30-23-17-28-32-24(23)26(31-25)29-21-6-8-22(9-7-21)33-11-13-34-14-12-33/h1-10,15-17H,11-14H2,(H,28,32)(H,29,30,31). The van der Waals surface area contributed by atoms with Gasteiger partial charge < -0.3 is 15.0 Å². The van der Waals surface area contributed by atoms with E-state index in [1.807, 2.05) is 30.5 Å². The molecule has 5 aromatic rings. The minimum absolute atomic E-state index is 0.632. The first-order chi connectivity index (χ1) is 16.8. The van der Waals surface area contributed by atoms with Gasteiger partial charge in [0.2, 0.25) is 0 Å². The van der Waals surface area contributed by atoms with Gasteiger partial charge in [-0.3, -0.25) is 10.1 Å². The van der Waals surface area contributed by atoms with Gasteiger partial charge in [0.15, 0.2) is 11.6 Å². The first-order valence-electron chi connectivity index (χ1n) is 11.3. The molecule has 2 N–H and O–H groups in total. The van der Waals surface area contributed by atoms with E-state index in [0.29, 0.717) is 11.6 Å². The van der Waals surface area contributed by atoms with Crippen molar-refractivity contribution in [3.8, 4) is 22.5 Å². The number of hydrogen-bond donors (Lipinski definition) is 2. The molecule has 1 aliphatic heterocycles. The van der Waals surface area contributed by atoms with Gasteiger partial charge in [-0.15, -0.1) is 0 Å². The number of nitrogens with zero attached hydrogens (tertiary/aromatic N) is 5. The number of ether oxygens (including phenoxy) is 1. The number of fused-ring (bicyclic) bond motifs is 1. The number of H-pyrrole nitrogens is 1. The molecule has 0 amide bonds. The van der Waals surface area contributed by atoms with E-state index >= 15 is 0 Å². The summed E-state index contributed by atoms with van der Waals surface area (Å²) in [7, 11) is 0. The monoisotopic (exact) mass is 449 g/mol. The molecule has 8 heteroatoms. The lowest BCUT2D eigenvalue weighted by Gasteiger charge is -2.28. The van der Waals surface area contributed by atoms with Gasteiger partial charge in [-0.05, 0) is 42.0 Å². The Morgan fingerprint density at radius 2 is 1.68 bits per heavy atom. The molecule has 34 heavy (non-hydrogen) atoms. The molecule has 0 aliphatic carbocycles. The van der Waals surface area contributed by atoms with Crippen molar-refractivity contribution >= 4 is 28.2 Å². The van der Waals surface area contributed by atoms with Crippen LogP contribution in [0.15, 0.2) is 79.3 Å². The number of aromatic amines is 1. The lowest BCUT2D eigenvalue weighted by Crippen LogP contribution is -2.36. The van der Waals surface area contributed by atoms with Crippen molar-refractivity contribution in [1.29, 1.82) is 0 Å². The Morgan fingerprint density at radius 3 is 2.50 bits per heavy atom. The second-order valence-electron chi connectivity index (χ2n) is 8.12. The van der Waals surface area contributed by atoms with E-state index in [1.54, 1.807) is 12.4 Å². The molecule has 6 rings (SSSR count). The van der Waals surface area contributed by atoms with Crippen LogP contribution in [0.5, 0.6) is 0 Å². The zero-order valence-corrected chi connectivity index (χ0v) is 18.5. The zero-order chi connectivity index (χ0) is 22.7. The number of hydrogen-bond acceptors (Lipinski definition) is 7. The summed E-state index contributed by atoms with van der Waals surface area (Å²) in [6, 6.07) is 20.5. The van der Waals surface area contributed by atoms with Gasteiger partial charge in [0.1, 0.15) is 11.0 Å². The highest BCUT2D eigenvalue weighted by atomic mass is 16.5. The SMILES string of the molecule is c1cncc(-c2cccc(-c3nc(Nc4ccc(N5CCOCC5)cc4)c4[nH]ncc4n3)c2)c1. The number of anilines is 3. The van der Waals surface area contributed by atoms with Crippen molar-refractivity contribution in [2.45, 2.75) is 0 Å². The van der Waals surface area contributed by atoms with Crippen LogP contribution in [-0.4, -0.2) is 51.5 Å². The first kappa shape index (κ1) is 20.3. The van der Waals surface area contributed by atoms with E-state index in [-0.39, 0.29) is 0 Å². The molecule has 1 fully saturated rings. The van der Waals surface area contributed by atoms with E-state index in [9.17, 15) is 0 Å². The smallest absolute Gasteiger partial charge is 0.162 e. The maximum atomic E-state index is 5.46. The van der Waals surface area contributed by atoms with Crippen molar-refractivity contribution in [1.82, 2.24) is 25.1 Å². The van der Waals surface area contributed by atoms with Crippen molar-refractivity contribution < 1.29 is 4.74 Å². The van der Waals surface area contributed by atoms with Crippen LogP contribution in [0.4, 0.5) is 17.2 Å². The van der Waals surface area contributed by atoms with Crippen LogP contribution in [0.1, 0.15) is 0 Å². The third-order valence-corrected chi connectivity index (χ3v) is 5.92. The second-order valence-corrected chi connectivity index (χ2v) is 8.12. The van der Waals surface area contributed by atoms with Crippen LogP contribution < -0.4 is 10.2 Å². The molecule has 1 saturated heterocycles. The Bertz CT molecular complexity index is 1410. The molecule has 4 heterocycles. The maximum absolute atomic E-state index is 5.46. The molecule has 0 atom stereocenters. The first-order valence-corrected chi connectivity index (χ1v) is 11.3. The molecule has 2 aromatic carbocycles. The third-order valence-electron chi connectivity index (χ3n) is 5.92. The summed E-state index contributed by atoms with van der Waals surface area (Å²) < 4.78 is 5.46. The summed E-state index contributed by atoms with van der Waals surface area (Å²) >= 11 is 0. The van der Waals surface area contributed by atoms with Gasteiger partial charge in [-0.1, -0.05) is 24.3 Å². The fourth-order valence-corrected chi connectivity index (χ4v) is 4.14. The number of aromatic nitrogens is 5. The predicted molar refractivity (Wildman–Crippen MR) is 133 cm³/mol. The fourth-order valence-electron chi connectivity index (χ4n) is 4.14. The van der Waals surface area contributed by atoms with Gasteiger partial charge in [0, 0.05) is 48.0 Å². The molecular weight excluding hydrogens is 426 g/mol. The minimum Gasteiger partial charge on any atom is -0.378 e. The second kappa shape index (κ2) is 8.92. The molecule has 0 bridgehead atoms. The van der Waals surface area contributed by atoms with Crippen molar-refractivity contribution in [2.75, 3.05) is 36.5 Å². The molecule has 0 saturated carbocycles. The fraction of sp³-hybridized carbons (Fsp3) is 0.154. The quantitative estimate of drug-likeness (QED) is 0.403. The summed E-state index contributed by atoms with van der Waals surface area (Å²) in [5, 5.41) is 10.6. The van der Waals surface area contributed by atoms with Gasteiger partial charge in [0.05, 0.1) is 19.4 Å². The predicted octanol–water partition coefficient (Wildman–Crippen LogP) is 4.66. The van der Waals surface area contributed by atoms with E-state index < -0.39 is 0 Å². The van der Waals surface area contributed by atoms with E-state index in [1.165, 1.54) is 5.69 Å². The summed E-state index contributed by atoms with van der Waals surface area (Å²) in [6.07, 6.45) is 5.35. The topological polar surface area (TPSA) is 91.8 Å². The van der Waals surface area contributed by atoms with Crippen LogP contribution in [0, 0.1) is 0 Å². The minimum atomic E-state index is 0.632. The van der Waals surface area contributed by atoms with Gasteiger partial charge >= 0.3 is 0 Å². The van der Waals surface area contributed by atoms with Crippen molar-refractivity contribution in [2.24, 2.45) is 0 Å². The van der Waals surface area contributed by atoms with Crippen LogP contribution in [0.2, 0.25) is 0 Å². The number of pyridine rings is 1. The van der Waals surface area contributed by atoms with Crippen LogP contribution >= 0.6 is 0 Å². The molecule has 8 nitrogen and oxygen atoms in total. The largest absolute Gasteiger partial charge is 0.378 e. The normalized spacial score (nSPS) is 13.8. The number of benzene rings is 2. The van der Waals surface area contributed by atoms with E-state index in [2.05, 4.69) is 61.8 Å². The van der Waals surface area contributed by atoms with Crippen LogP contribution in [0.25, 0.3) is 33.5 Å². The average molecular weight is 450 g/mol. The van der Waals surface area contributed by atoms with Crippen molar-refractivity contribution in [3.05, 3.63) is 79.3 Å². The maximum Gasteiger partial charge on any atom is 0.162 e. The molecule has 0 radical (unpaired) electrons. The highest BCUT2D eigenvalue weighted by Gasteiger charge is 2.14. The Morgan fingerprint density at radius 1 is 0.853 bits per heavy atom. The molecule has 0 spiro atoms. The Labute approximate surface area is 196 Å². The van der Waals surface area contributed by atoms with Crippen molar-refractivity contribution in [3.63, 3.8) is 0 Å². The zero-order valence-electron chi connectivity index (χ0n) is 18.5. The average Bonchev–Trinajstić information content (AvgIpc) is 3.40. The van der Waals surface area contributed by atoms with Crippen LogP contribution in [0.3, 0.4) is 0 Å². The summed E-state index contributed by atoms with van der Waals surface area (Å²) in [5.41, 5.74) is 6.70. The molecule has 0 unspecified atom stereocenters. The van der Waals surface area contributed by atoms with Crippen LogP contribution in [-0.2, 0) is 4.74 Å². The molecular formula is C26H23N7O. The number of morpholine rings is 1. The van der Waals surface area contributed by atoms with Gasteiger partial charge in [0.25, 0.3) is 0 Å². The van der Waals surface area contributed by atoms with Gasteiger partial charge in [-0.2, -0.15) is 5.10 Å².